The number of nitriles is 1. The van der Waals surface area contributed by atoms with Crippen LogP contribution in [-0.2, 0) is 9.59 Å². The van der Waals surface area contributed by atoms with Crippen molar-refractivity contribution in [2.75, 3.05) is 31.5 Å². The minimum atomic E-state index is -0.551. The van der Waals surface area contributed by atoms with Crippen LogP contribution in [0.3, 0.4) is 0 Å². The number of hydrogen-bond acceptors (Lipinski definition) is 6. The molecule has 0 atom stereocenters. The standard InChI is InChI=1S/C28H27N3O5/c1-18-5-7-23(13-19(18)2)30-27(32)17-36-25-12-6-20(15-26(25)35-4)14-21(16-29)28(33)31-22-8-10-24(34-3)11-9-22/h5-15H,17H2,1-4H3,(H,30,32)(H,31,33)/b21-14-. The second-order valence-corrected chi connectivity index (χ2v) is 7.90. The maximum absolute atomic E-state index is 12.6. The number of carbonyl (C=O) groups is 2. The lowest BCUT2D eigenvalue weighted by Crippen LogP contribution is -2.20. The minimum Gasteiger partial charge on any atom is -0.497 e. The number of nitrogens with zero attached hydrogens (tertiary/aromatic N) is 1. The Kier molecular flexibility index (Phi) is 8.68. The summed E-state index contributed by atoms with van der Waals surface area (Å²) >= 11 is 0. The Hall–Kier alpha value is -4.77. The van der Waals surface area contributed by atoms with E-state index in [-0.39, 0.29) is 18.1 Å². The SMILES string of the molecule is COc1ccc(NC(=O)/C(C#N)=C\c2ccc(OCC(=O)Nc3ccc(C)c(C)c3)c(OC)c2)cc1. The van der Waals surface area contributed by atoms with Crippen LogP contribution in [0.5, 0.6) is 17.2 Å². The van der Waals surface area contributed by atoms with Gasteiger partial charge in [-0.3, -0.25) is 9.59 Å². The fourth-order valence-corrected chi connectivity index (χ4v) is 3.24. The molecule has 0 saturated carbocycles. The fourth-order valence-electron chi connectivity index (χ4n) is 3.24. The predicted molar refractivity (Wildman–Crippen MR) is 138 cm³/mol. The predicted octanol–water partition coefficient (Wildman–Crippen LogP) is 4.88. The molecule has 0 bridgehead atoms. The molecule has 0 aliphatic rings. The molecule has 0 saturated heterocycles. The van der Waals surface area contributed by atoms with Gasteiger partial charge in [-0.05, 0) is 85.1 Å². The number of rotatable bonds is 9. The highest BCUT2D eigenvalue weighted by Crippen LogP contribution is 2.29. The number of amides is 2. The molecule has 0 spiro atoms. The zero-order valence-electron chi connectivity index (χ0n) is 20.5. The molecular weight excluding hydrogens is 458 g/mol. The van der Waals surface area contributed by atoms with Gasteiger partial charge in [-0.1, -0.05) is 12.1 Å². The lowest BCUT2D eigenvalue weighted by atomic mass is 10.1. The molecule has 0 unspecified atom stereocenters. The molecule has 184 valence electrons. The quantitative estimate of drug-likeness (QED) is 0.330. The zero-order chi connectivity index (χ0) is 26.1. The molecule has 3 aromatic carbocycles. The number of methoxy groups -OCH3 is 2. The van der Waals surface area contributed by atoms with Crippen LogP contribution in [-0.4, -0.2) is 32.6 Å². The summed E-state index contributed by atoms with van der Waals surface area (Å²) in [6, 6.07) is 19.2. The highest BCUT2D eigenvalue weighted by Gasteiger charge is 2.13. The van der Waals surface area contributed by atoms with Crippen molar-refractivity contribution < 1.29 is 23.8 Å². The zero-order valence-corrected chi connectivity index (χ0v) is 20.5. The van der Waals surface area contributed by atoms with Gasteiger partial charge >= 0.3 is 0 Å². The Bertz CT molecular complexity index is 1320. The second kappa shape index (κ2) is 12.1. The smallest absolute Gasteiger partial charge is 0.266 e. The Labute approximate surface area is 210 Å². The van der Waals surface area contributed by atoms with Crippen LogP contribution in [0.15, 0.2) is 66.2 Å². The van der Waals surface area contributed by atoms with Gasteiger partial charge in [-0.2, -0.15) is 5.26 Å². The monoisotopic (exact) mass is 485 g/mol. The van der Waals surface area contributed by atoms with Gasteiger partial charge in [-0.25, -0.2) is 0 Å². The van der Waals surface area contributed by atoms with Crippen molar-refractivity contribution in [2.45, 2.75) is 13.8 Å². The molecular formula is C28H27N3O5. The van der Waals surface area contributed by atoms with Gasteiger partial charge in [0.25, 0.3) is 11.8 Å². The summed E-state index contributed by atoms with van der Waals surface area (Å²) in [6.45, 7) is 3.76. The van der Waals surface area contributed by atoms with Gasteiger partial charge in [0, 0.05) is 11.4 Å². The molecule has 0 fully saturated rings. The van der Waals surface area contributed by atoms with E-state index in [2.05, 4.69) is 10.6 Å². The highest BCUT2D eigenvalue weighted by molar-refractivity contribution is 6.09. The van der Waals surface area contributed by atoms with Crippen molar-refractivity contribution in [2.24, 2.45) is 0 Å². The first-order chi connectivity index (χ1) is 17.3. The molecule has 0 radical (unpaired) electrons. The van der Waals surface area contributed by atoms with Crippen molar-refractivity contribution >= 4 is 29.3 Å². The Morgan fingerprint density at radius 3 is 2.22 bits per heavy atom. The number of hydrogen-bond donors (Lipinski definition) is 2. The van der Waals surface area contributed by atoms with Crippen LogP contribution < -0.4 is 24.8 Å². The van der Waals surface area contributed by atoms with Crippen LogP contribution in [0, 0.1) is 25.2 Å². The number of anilines is 2. The maximum Gasteiger partial charge on any atom is 0.266 e. The molecule has 2 N–H and O–H groups in total. The Morgan fingerprint density at radius 2 is 1.58 bits per heavy atom. The number of ether oxygens (including phenoxy) is 3. The normalized spacial score (nSPS) is 10.7. The first kappa shape index (κ1) is 25.8. The molecule has 0 aromatic heterocycles. The van der Waals surface area contributed by atoms with Crippen molar-refractivity contribution in [1.82, 2.24) is 0 Å². The van der Waals surface area contributed by atoms with E-state index in [0.29, 0.717) is 34.2 Å². The molecule has 0 aliphatic heterocycles. The summed E-state index contributed by atoms with van der Waals surface area (Å²) in [4.78, 5) is 24.9. The first-order valence-corrected chi connectivity index (χ1v) is 11.1. The van der Waals surface area contributed by atoms with Gasteiger partial charge in [0.15, 0.2) is 18.1 Å². The van der Waals surface area contributed by atoms with Gasteiger partial charge in [0.2, 0.25) is 0 Å². The van der Waals surface area contributed by atoms with Crippen LogP contribution in [0.25, 0.3) is 6.08 Å². The van der Waals surface area contributed by atoms with Crippen molar-refractivity contribution in [1.29, 1.82) is 5.26 Å². The number of aryl methyl sites for hydroxylation is 2. The lowest BCUT2D eigenvalue weighted by Gasteiger charge is -2.12. The molecule has 0 aliphatic carbocycles. The summed E-state index contributed by atoms with van der Waals surface area (Å²) < 4.78 is 16.1. The summed E-state index contributed by atoms with van der Waals surface area (Å²) in [5.41, 5.74) is 3.90. The van der Waals surface area contributed by atoms with Crippen LogP contribution >= 0.6 is 0 Å². The van der Waals surface area contributed by atoms with Crippen LogP contribution in [0.4, 0.5) is 11.4 Å². The topological polar surface area (TPSA) is 110 Å². The summed E-state index contributed by atoms with van der Waals surface area (Å²) in [7, 11) is 3.02. The van der Waals surface area contributed by atoms with Gasteiger partial charge in [0.05, 0.1) is 14.2 Å². The van der Waals surface area contributed by atoms with E-state index in [9.17, 15) is 14.9 Å². The average Bonchev–Trinajstić information content (AvgIpc) is 2.88. The highest BCUT2D eigenvalue weighted by atomic mass is 16.5. The van der Waals surface area contributed by atoms with Gasteiger partial charge in [0.1, 0.15) is 17.4 Å². The maximum atomic E-state index is 12.6. The molecule has 2 amide bonds. The molecule has 3 aromatic rings. The van der Waals surface area contributed by atoms with E-state index in [4.69, 9.17) is 14.2 Å². The second-order valence-electron chi connectivity index (χ2n) is 7.90. The molecule has 3 rings (SSSR count). The largest absolute Gasteiger partial charge is 0.497 e. The van der Waals surface area contributed by atoms with Gasteiger partial charge in [-0.15, -0.1) is 0 Å². The van der Waals surface area contributed by atoms with E-state index in [1.54, 1.807) is 49.6 Å². The fraction of sp³-hybridized carbons (Fsp3) is 0.179. The molecule has 8 nitrogen and oxygen atoms in total. The third-order valence-electron chi connectivity index (χ3n) is 5.36. The average molecular weight is 486 g/mol. The number of nitrogens with one attached hydrogen (secondary N) is 2. The minimum absolute atomic E-state index is 0.0886. The molecule has 8 heteroatoms. The first-order valence-electron chi connectivity index (χ1n) is 11.1. The third-order valence-corrected chi connectivity index (χ3v) is 5.36. The Balaban J connectivity index is 1.66. The van der Waals surface area contributed by atoms with E-state index in [1.165, 1.54) is 13.2 Å². The van der Waals surface area contributed by atoms with E-state index in [0.717, 1.165) is 11.1 Å². The Morgan fingerprint density at radius 1 is 0.861 bits per heavy atom. The van der Waals surface area contributed by atoms with E-state index < -0.39 is 5.91 Å². The lowest BCUT2D eigenvalue weighted by molar-refractivity contribution is -0.118. The van der Waals surface area contributed by atoms with Crippen molar-refractivity contribution in [3.63, 3.8) is 0 Å². The summed E-state index contributed by atoms with van der Waals surface area (Å²) in [5, 5.41) is 15.0. The third kappa shape index (κ3) is 6.87. The molecule has 0 heterocycles. The van der Waals surface area contributed by atoms with Crippen molar-refractivity contribution in [3.8, 4) is 23.3 Å². The van der Waals surface area contributed by atoms with E-state index >= 15 is 0 Å². The van der Waals surface area contributed by atoms with Crippen LogP contribution in [0.2, 0.25) is 0 Å². The summed E-state index contributed by atoms with van der Waals surface area (Å²) in [6.07, 6.45) is 1.44. The van der Waals surface area contributed by atoms with Crippen LogP contribution in [0.1, 0.15) is 16.7 Å². The number of benzene rings is 3. The number of carbonyl (C=O) groups excluding carboxylic acids is 2. The molecule has 36 heavy (non-hydrogen) atoms. The van der Waals surface area contributed by atoms with Crippen molar-refractivity contribution in [3.05, 3.63) is 82.9 Å². The van der Waals surface area contributed by atoms with E-state index in [1.807, 2.05) is 38.1 Å². The van der Waals surface area contributed by atoms with Gasteiger partial charge < -0.3 is 24.8 Å². The summed E-state index contributed by atoms with van der Waals surface area (Å²) in [5.74, 6) is 0.499.